The minimum atomic E-state index is -1.04. The summed E-state index contributed by atoms with van der Waals surface area (Å²) >= 11 is 0. The fourth-order valence-corrected chi connectivity index (χ4v) is 3.03. The summed E-state index contributed by atoms with van der Waals surface area (Å²) < 4.78 is 16.2. The number of rotatable bonds is 2. The number of phenolic OH excluding ortho intramolecular Hbond substituents is 1. The maximum atomic E-state index is 11.6. The number of hydrogen-bond donors (Lipinski definition) is 2. The number of hydrogen-bond acceptors (Lipinski definition) is 5. The van der Waals surface area contributed by atoms with Crippen LogP contribution in [0.1, 0.15) is 10.4 Å². The molecule has 116 valence electrons. The number of aromatic carboxylic acids is 1. The van der Waals surface area contributed by atoms with Crippen LogP contribution in [0.15, 0.2) is 30.3 Å². The SMILES string of the molecule is COc1c(O)ccc2c1ccc1c(C(=O)O)cc3c(c12)OCO3. The van der Waals surface area contributed by atoms with Crippen LogP contribution >= 0.6 is 0 Å². The number of aromatic hydroxyl groups is 1. The molecule has 0 fully saturated rings. The van der Waals surface area contributed by atoms with Crippen LogP contribution in [0.4, 0.5) is 0 Å². The zero-order valence-electron chi connectivity index (χ0n) is 12.1. The van der Waals surface area contributed by atoms with E-state index in [-0.39, 0.29) is 18.1 Å². The lowest BCUT2D eigenvalue weighted by atomic mass is 9.96. The molecule has 0 radical (unpaired) electrons. The third-order valence-corrected chi connectivity index (χ3v) is 4.00. The van der Waals surface area contributed by atoms with Gasteiger partial charge in [-0.05, 0) is 29.7 Å². The van der Waals surface area contributed by atoms with E-state index >= 15 is 0 Å². The first-order chi connectivity index (χ1) is 11.1. The number of carboxylic acids is 1. The Morgan fingerprint density at radius 2 is 1.87 bits per heavy atom. The molecule has 0 spiro atoms. The van der Waals surface area contributed by atoms with Crippen LogP contribution < -0.4 is 14.2 Å². The van der Waals surface area contributed by atoms with Crippen LogP contribution in [0.2, 0.25) is 0 Å². The number of phenols is 1. The van der Waals surface area contributed by atoms with Crippen LogP contribution in [-0.4, -0.2) is 30.1 Å². The minimum absolute atomic E-state index is 0.0163. The molecule has 3 aromatic carbocycles. The van der Waals surface area contributed by atoms with Crippen molar-refractivity contribution >= 4 is 27.5 Å². The molecule has 0 bridgehead atoms. The standard InChI is InChI=1S/C17H12O6/c1-21-15-10-3-2-9-11(17(19)20)6-13-16(23-7-22-13)14(9)8(10)4-5-12(15)18/h2-6,18H,7H2,1H3,(H,19,20). The summed E-state index contributed by atoms with van der Waals surface area (Å²) in [6.45, 7) is 0.0408. The molecule has 0 saturated carbocycles. The van der Waals surface area contributed by atoms with Crippen molar-refractivity contribution in [2.24, 2.45) is 0 Å². The average Bonchev–Trinajstić information content (AvgIpc) is 3.01. The van der Waals surface area contributed by atoms with Crippen LogP contribution in [0.3, 0.4) is 0 Å². The smallest absolute Gasteiger partial charge is 0.336 e. The Hall–Kier alpha value is -3.15. The second-order valence-corrected chi connectivity index (χ2v) is 5.16. The number of carboxylic acid groups (broad SMARTS) is 1. The van der Waals surface area contributed by atoms with Gasteiger partial charge in [0.05, 0.1) is 12.7 Å². The van der Waals surface area contributed by atoms with E-state index in [1.807, 2.05) is 0 Å². The van der Waals surface area contributed by atoms with E-state index in [1.54, 1.807) is 18.2 Å². The van der Waals surface area contributed by atoms with Crippen molar-refractivity contribution in [3.8, 4) is 23.0 Å². The van der Waals surface area contributed by atoms with Crippen LogP contribution in [0, 0.1) is 0 Å². The van der Waals surface area contributed by atoms with Gasteiger partial charge in [0.2, 0.25) is 6.79 Å². The Labute approximate surface area is 130 Å². The zero-order chi connectivity index (χ0) is 16.1. The number of carbonyl (C=O) groups is 1. The highest BCUT2D eigenvalue weighted by atomic mass is 16.7. The van der Waals surface area contributed by atoms with Gasteiger partial charge in [-0.25, -0.2) is 4.79 Å². The van der Waals surface area contributed by atoms with E-state index in [2.05, 4.69) is 0 Å². The van der Waals surface area contributed by atoms with E-state index in [9.17, 15) is 15.0 Å². The highest BCUT2D eigenvalue weighted by Crippen LogP contribution is 2.46. The third-order valence-electron chi connectivity index (χ3n) is 4.00. The first kappa shape index (κ1) is 13.5. The molecule has 0 unspecified atom stereocenters. The molecule has 1 aliphatic rings. The summed E-state index contributed by atoms with van der Waals surface area (Å²) in [5.74, 6) is 0.205. The molecule has 0 aromatic heterocycles. The number of ether oxygens (including phenoxy) is 3. The van der Waals surface area contributed by atoms with Crippen molar-refractivity contribution in [2.75, 3.05) is 13.9 Å². The van der Waals surface area contributed by atoms with E-state index in [4.69, 9.17) is 14.2 Å². The molecule has 3 aromatic rings. The van der Waals surface area contributed by atoms with Gasteiger partial charge in [-0.3, -0.25) is 0 Å². The van der Waals surface area contributed by atoms with Crippen molar-refractivity contribution in [2.45, 2.75) is 0 Å². The molecule has 0 saturated heterocycles. The molecular weight excluding hydrogens is 300 g/mol. The minimum Gasteiger partial charge on any atom is -0.504 e. The molecule has 0 atom stereocenters. The summed E-state index contributed by atoms with van der Waals surface area (Å²) in [6.07, 6.45) is 0. The molecule has 1 heterocycles. The monoisotopic (exact) mass is 312 g/mol. The van der Waals surface area contributed by atoms with Crippen molar-refractivity contribution in [3.05, 3.63) is 35.9 Å². The number of fused-ring (bicyclic) bond motifs is 5. The molecular formula is C17H12O6. The van der Waals surface area contributed by atoms with E-state index in [1.165, 1.54) is 19.2 Å². The lowest BCUT2D eigenvalue weighted by Gasteiger charge is -2.13. The Bertz CT molecular complexity index is 976. The summed E-state index contributed by atoms with van der Waals surface area (Å²) in [5, 5.41) is 22.0. The summed E-state index contributed by atoms with van der Waals surface area (Å²) in [6, 6.07) is 8.10. The zero-order valence-corrected chi connectivity index (χ0v) is 12.1. The first-order valence-electron chi connectivity index (χ1n) is 6.90. The van der Waals surface area contributed by atoms with Crippen molar-refractivity contribution in [3.63, 3.8) is 0 Å². The van der Waals surface area contributed by atoms with E-state index in [0.29, 0.717) is 33.4 Å². The van der Waals surface area contributed by atoms with Crippen LogP contribution in [-0.2, 0) is 0 Å². The van der Waals surface area contributed by atoms with Gasteiger partial charge in [-0.15, -0.1) is 0 Å². The molecule has 0 amide bonds. The predicted octanol–water partition coefficient (Wildman–Crippen LogP) is 3.13. The summed E-state index contributed by atoms with van der Waals surface area (Å²) in [7, 11) is 1.47. The summed E-state index contributed by atoms with van der Waals surface area (Å²) in [5.41, 5.74) is 0.137. The average molecular weight is 312 g/mol. The molecule has 1 aliphatic heterocycles. The lowest BCUT2D eigenvalue weighted by molar-refractivity contribution is 0.0698. The van der Waals surface area contributed by atoms with Crippen molar-refractivity contribution in [1.82, 2.24) is 0 Å². The van der Waals surface area contributed by atoms with Gasteiger partial charge in [0.25, 0.3) is 0 Å². The van der Waals surface area contributed by atoms with Gasteiger partial charge in [0.15, 0.2) is 23.0 Å². The first-order valence-corrected chi connectivity index (χ1v) is 6.90. The van der Waals surface area contributed by atoms with Gasteiger partial charge in [-0.1, -0.05) is 6.07 Å². The maximum Gasteiger partial charge on any atom is 0.336 e. The fourth-order valence-electron chi connectivity index (χ4n) is 3.03. The molecule has 6 heteroatoms. The molecule has 23 heavy (non-hydrogen) atoms. The topological polar surface area (TPSA) is 85.2 Å². The van der Waals surface area contributed by atoms with Crippen molar-refractivity contribution < 1.29 is 29.2 Å². The Kier molecular flexibility index (Phi) is 2.74. The van der Waals surface area contributed by atoms with Gasteiger partial charge in [0, 0.05) is 16.2 Å². The Morgan fingerprint density at radius 3 is 2.61 bits per heavy atom. The number of methoxy groups -OCH3 is 1. The highest BCUT2D eigenvalue weighted by molar-refractivity contribution is 6.18. The van der Waals surface area contributed by atoms with Gasteiger partial charge in [-0.2, -0.15) is 0 Å². The third kappa shape index (κ3) is 1.78. The van der Waals surface area contributed by atoms with Crippen molar-refractivity contribution in [1.29, 1.82) is 0 Å². The normalized spacial score (nSPS) is 12.7. The van der Waals surface area contributed by atoms with Gasteiger partial charge in [0.1, 0.15) is 0 Å². The molecule has 4 rings (SSSR count). The molecule has 2 N–H and O–H groups in total. The highest BCUT2D eigenvalue weighted by Gasteiger charge is 2.24. The fraction of sp³-hybridized carbons (Fsp3) is 0.118. The van der Waals surface area contributed by atoms with Gasteiger partial charge < -0.3 is 24.4 Å². The van der Waals surface area contributed by atoms with E-state index in [0.717, 1.165) is 5.39 Å². The van der Waals surface area contributed by atoms with Gasteiger partial charge >= 0.3 is 5.97 Å². The second kappa shape index (κ2) is 4.67. The molecule has 0 aliphatic carbocycles. The largest absolute Gasteiger partial charge is 0.504 e. The molecule has 6 nitrogen and oxygen atoms in total. The van der Waals surface area contributed by atoms with E-state index < -0.39 is 5.97 Å². The Morgan fingerprint density at radius 1 is 1.13 bits per heavy atom. The second-order valence-electron chi connectivity index (χ2n) is 5.16. The number of benzene rings is 3. The Balaban J connectivity index is 2.24. The summed E-state index contributed by atoms with van der Waals surface area (Å²) in [4.78, 5) is 11.6. The quantitative estimate of drug-likeness (QED) is 0.707. The predicted molar refractivity (Wildman–Crippen MR) is 82.8 cm³/mol. The van der Waals surface area contributed by atoms with Crippen LogP contribution in [0.25, 0.3) is 21.5 Å². The lowest BCUT2D eigenvalue weighted by Crippen LogP contribution is -1.98. The maximum absolute atomic E-state index is 11.6. The van der Waals surface area contributed by atoms with Crippen LogP contribution in [0.5, 0.6) is 23.0 Å².